The number of benzene rings is 1. The van der Waals surface area contributed by atoms with Gasteiger partial charge in [-0.15, -0.1) is 0 Å². The molecule has 0 heterocycles. The van der Waals surface area contributed by atoms with E-state index in [4.69, 9.17) is 0 Å². The van der Waals surface area contributed by atoms with Gasteiger partial charge in [0.1, 0.15) is 0 Å². The molecule has 106 valence electrons. The molecule has 0 atom stereocenters. The third kappa shape index (κ3) is 7.20. The number of unbranched alkanes of at least 4 members (excludes halogenated alkanes) is 7. The monoisotopic (exact) mass is 258 g/mol. The van der Waals surface area contributed by atoms with E-state index in [1.807, 2.05) is 0 Å². The first-order chi connectivity index (χ1) is 9.38. The molecule has 1 aromatic carbocycles. The Balaban J connectivity index is 2.15. The minimum atomic E-state index is 1.23. The van der Waals surface area contributed by atoms with E-state index in [1.54, 1.807) is 0 Å². The molecule has 1 aromatic rings. The second kappa shape index (κ2) is 10.8. The molecule has 0 aliphatic carbocycles. The summed E-state index contributed by atoms with van der Waals surface area (Å²) in [5, 5.41) is 0. The van der Waals surface area contributed by atoms with E-state index in [0.29, 0.717) is 0 Å². The van der Waals surface area contributed by atoms with Gasteiger partial charge >= 0.3 is 0 Å². The summed E-state index contributed by atoms with van der Waals surface area (Å²) in [5.74, 6) is 0. The molecule has 0 aliphatic heterocycles. The van der Waals surface area contributed by atoms with Crippen molar-refractivity contribution in [2.45, 2.75) is 71.6 Å². The average molecular weight is 258 g/mol. The van der Waals surface area contributed by atoms with Crippen LogP contribution in [-0.2, 0) is 6.42 Å². The maximum atomic E-state index is 2.28. The van der Waals surface area contributed by atoms with Gasteiger partial charge in [0.05, 0.1) is 0 Å². The van der Waals surface area contributed by atoms with Gasteiger partial charge in [-0.1, -0.05) is 88.3 Å². The minimum absolute atomic E-state index is 1.23. The summed E-state index contributed by atoms with van der Waals surface area (Å²) in [6, 6.07) is 8.79. The average Bonchev–Trinajstić information content (AvgIpc) is 2.44. The summed E-state index contributed by atoms with van der Waals surface area (Å²) in [6.07, 6.45) is 16.8. The summed E-state index contributed by atoms with van der Waals surface area (Å²) in [5.41, 5.74) is 2.90. The van der Waals surface area contributed by atoms with E-state index in [2.05, 4.69) is 50.3 Å². The van der Waals surface area contributed by atoms with Crippen molar-refractivity contribution in [2.24, 2.45) is 0 Å². The van der Waals surface area contributed by atoms with Crippen molar-refractivity contribution in [1.29, 1.82) is 0 Å². The van der Waals surface area contributed by atoms with Gasteiger partial charge in [-0.2, -0.15) is 0 Å². The van der Waals surface area contributed by atoms with E-state index in [1.165, 1.54) is 68.9 Å². The Bertz CT molecular complexity index is 349. The number of allylic oxidation sites excluding steroid dienone is 1. The van der Waals surface area contributed by atoms with Gasteiger partial charge in [0, 0.05) is 0 Å². The Labute approximate surface area is 119 Å². The van der Waals surface area contributed by atoms with Gasteiger partial charge < -0.3 is 0 Å². The highest BCUT2D eigenvalue weighted by atomic mass is 14.0. The fourth-order valence-corrected chi connectivity index (χ4v) is 2.55. The highest BCUT2D eigenvalue weighted by molar-refractivity contribution is 5.53. The van der Waals surface area contributed by atoms with E-state index in [0.717, 1.165) is 0 Å². The van der Waals surface area contributed by atoms with Crippen LogP contribution < -0.4 is 0 Å². The molecular weight excluding hydrogens is 228 g/mol. The van der Waals surface area contributed by atoms with Crippen LogP contribution in [0, 0.1) is 0 Å². The molecule has 0 bridgehead atoms. The normalized spacial score (nSPS) is 11.3. The van der Waals surface area contributed by atoms with E-state index >= 15 is 0 Å². The Morgan fingerprint density at radius 3 is 2.16 bits per heavy atom. The molecule has 0 fully saturated rings. The lowest BCUT2D eigenvalue weighted by Crippen LogP contribution is -1.90. The Hall–Kier alpha value is -1.04. The molecule has 0 nitrogen and oxygen atoms in total. The van der Waals surface area contributed by atoms with Crippen LogP contribution >= 0.6 is 0 Å². The standard InChI is InChI=1S/C19H30/c1-3-5-6-7-8-9-10-11-15-19-17-13-12-16-18(19)14-4-2/h4,12-14,16-17H,3,5-11,15H2,1-2H3. The second-order valence-corrected chi connectivity index (χ2v) is 5.42. The van der Waals surface area contributed by atoms with Gasteiger partial charge in [0.25, 0.3) is 0 Å². The van der Waals surface area contributed by atoms with Crippen LogP contribution in [0.4, 0.5) is 0 Å². The molecule has 0 aliphatic rings. The molecule has 0 spiro atoms. The number of rotatable bonds is 10. The van der Waals surface area contributed by atoms with Gasteiger partial charge in [0.2, 0.25) is 0 Å². The van der Waals surface area contributed by atoms with E-state index < -0.39 is 0 Å². The van der Waals surface area contributed by atoms with Gasteiger partial charge in [-0.05, 0) is 30.9 Å². The fourth-order valence-electron chi connectivity index (χ4n) is 2.55. The maximum Gasteiger partial charge on any atom is -0.0228 e. The first-order valence-corrected chi connectivity index (χ1v) is 8.09. The molecule has 19 heavy (non-hydrogen) atoms. The molecule has 0 saturated heterocycles. The van der Waals surface area contributed by atoms with Crippen LogP contribution in [0.3, 0.4) is 0 Å². The van der Waals surface area contributed by atoms with Crippen LogP contribution in [0.1, 0.15) is 76.3 Å². The Kier molecular flexibility index (Phi) is 9.14. The SMILES string of the molecule is CC=Cc1ccccc1CCCCCCCCCC. The summed E-state index contributed by atoms with van der Waals surface area (Å²) < 4.78 is 0. The lowest BCUT2D eigenvalue weighted by Gasteiger charge is -2.06. The molecule has 0 amide bonds. The molecule has 0 saturated carbocycles. The van der Waals surface area contributed by atoms with E-state index in [-0.39, 0.29) is 0 Å². The Morgan fingerprint density at radius 1 is 0.842 bits per heavy atom. The quantitative estimate of drug-likeness (QED) is 0.426. The summed E-state index contributed by atoms with van der Waals surface area (Å²) in [6.45, 7) is 4.37. The number of aryl methyl sites for hydroxylation is 1. The minimum Gasteiger partial charge on any atom is -0.0871 e. The van der Waals surface area contributed by atoms with Crippen molar-refractivity contribution in [3.8, 4) is 0 Å². The molecule has 0 heteroatoms. The van der Waals surface area contributed by atoms with E-state index in [9.17, 15) is 0 Å². The van der Waals surface area contributed by atoms with Crippen molar-refractivity contribution in [2.75, 3.05) is 0 Å². The van der Waals surface area contributed by atoms with Crippen molar-refractivity contribution >= 4 is 6.08 Å². The lowest BCUT2D eigenvalue weighted by molar-refractivity contribution is 0.575. The number of hydrogen-bond donors (Lipinski definition) is 0. The molecule has 0 unspecified atom stereocenters. The molecule has 1 rings (SSSR count). The highest BCUT2D eigenvalue weighted by Gasteiger charge is 1.98. The van der Waals surface area contributed by atoms with Crippen LogP contribution in [0.5, 0.6) is 0 Å². The van der Waals surface area contributed by atoms with Crippen molar-refractivity contribution in [3.05, 3.63) is 41.5 Å². The molecule has 0 N–H and O–H groups in total. The van der Waals surface area contributed by atoms with Crippen molar-refractivity contribution in [1.82, 2.24) is 0 Å². The topological polar surface area (TPSA) is 0 Å². The third-order valence-electron chi connectivity index (χ3n) is 3.70. The van der Waals surface area contributed by atoms with Gasteiger partial charge in [-0.25, -0.2) is 0 Å². The zero-order chi connectivity index (χ0) is 13.8. The largest absolute Gasteiger partial charge is 0.0871 e. The predicted octanol–water partition coefficient (Wildman–Crippen LogP) is 6.40. The van der Waals surface area contributed by atoms with Gasteiger partial charge in [0.15, 0.2) is 0 Å². The lowest BCUT2D eigenvalue weighted by atomic mass is 10.00. The molecular formula is C19H30. The predicted molar refractivity (Wildman–Crippen MR) is 87.5 cm³/mol. The Morgan fingerprint density at radius 2 is 1.47 bits per heavy atom. The summed E-state index contributed by atoms with van der Waals surface area (Å²) >= 11 is 0. The van der Waals surface area contributed by atoms with Crippen LogP contribution in [0.25, 0.3) is 6.08 Å². The van der Waals surface area contributed by atoms with Crippen LogP contribution in [0.15, 0.2) is 30.3 Å². The first kappa shape index (κ1) is 16.0. The second-order valence-electron chi connectivity index (χ2n) is 5.42. The zero-order valence-corrected chi connectivity index (χ0v) is 12.8. The maximum absolute atomic E-state index is 2.28. The first-order valence-electron chi connectivity index (χ1n) is 8.09. The van der Waals surface area contributed by atoms with Crippen molar-refractivity contribution in [3.63, 3.8) is 0 Å². The smallest absolute Gasteiger partial charge is 0.0228 e. The van der Waals surface area contributed by atoms with Crippen LogP contribution in [0.2, 0.25) is 0 Å². The zero-order valence-electron chi connectivity index (χ0n) is 12.8. The third-order valence-corrected chi connectivity index (χ3v) is 3.70. The fraction of sp³-hybridized carbons (Fsp3) is 0.579. The summed E-state index contributed by atoms with van der Waals surface area (Å²) in [4.78, 5) is 0. The molecule has 0 radical (unpaired) electrons. The molecule has 0 aromatic heterocycles. The number of hydrogen-bond acceptors (Lipinski definition) is 0. The summed E-state index contributed by atoms with van der Waals surface area (Å²) in [7, 11) is 0. The van der Waals surface area contributed by atoms with Crippen molar-refractivity contribution < 1.29 is 0 Å². The highest BCUT2D eigenvalue weighted by Crippen LogP contribution is 2.15. The van der Waals surface area contributed by atoms with Gasteiger partial charge in [-0.3, -0.25) is 0 Å². The van der Waals surface area contributed by atoms with Crippen LogP contribution in [-0.4, -0.2) is 0 Å².